The van der Waals surface area contributed by atoms with E-state index in [2.05, 4.69) is 22.5 Å². The van der Waals surface area contributed by atoms with E-state index in [0.717, 1.165) is 16.9 Å². The molecule has 0 atom stereocenters. The summed E-state index contributed by atoms with van der Waals surface area (Å²) in [6, 6.07) is 21.5. The molecule has 1 heterocycles. The maximum absolute atomic E-state index is 12.0. The largest absolute Gasteiger partial charge is 0.354 e. The molecule has 120 valence electrons. The molecule has 2 N–H and O–H groups in total. The lowest BCUT2D eigenvalue weighted by molar-refractivity contribution is -0.115. The van der Waals surface area contributed by atoms with Gasteiger partial charge in [-0.25, -0.2) is 4.98 Å². The van der Waals surface area contributed by atoms with Crippen molar-refractivity contribution in [3.63, 3.8) is 0 Å². The Labute approximate surface area is 141 Å². The molecule has 24 heavy (non-hydrogen) atoms. The van der Waals surface area contributed by atoms with E-state index >= 15 is 0 Å². The lowest BCUT2D eigenvalue weighted by Gasteiger charge is -2.08. The molecule has 0 bridgehead atoms. The van der Waals surface area contributed by atoms with Crippen LogP contribution < -0.4 is 10.6 Å². The fourth-order valence-corrected chi connectivity index (χ4v) is 2.31. The highest BCUT2D eigenvalue weighted by Crippen LogP contribution is 2.17. The average Bonchev–Trinajstić information content (AvgIpc) is 2.59. The quantitative estimate of drug-likeness (QED) is 0.737. The van der Waals surface area contributed by atoms with Crippen LogP contribution in [0, 0.1) is 6.92 Å². The second kappa shape index (κ2) is 7.42. The van der Waals surface area contributed by atoms with Crippen LogP contribution in [0.1, 0.15) is 11.1 Å². The van der Waals surface area contributed by atoms with Gasteiger partial charge in [-0.1, -0.05) is 48.0 Å². The number of nitrogens with zero attached hydrogens (tertiary/aromatic N) is 1. The first-order valence-electron chi connectivity index (χ1n) is 7.82. The number of carbonyl (C=O) groups excluding carboxylic acids is 1. The van der Waals surface area contributed by atoms with Crippen molar-refractivity contribution in [2.45, 2.75) is 13.3 Å². The number of aromatic nitrogens is 1. The maximum atomic E-state index is 12.0. The molecule has 3 aromatic rings. The van der Waals surface area contributed by atoms with Crippen LogP contribution in [0.15, 0.2) is 72.9 Å². The summed E-state index contributed by atoms with van der Waals surface area (Å²) in [5.74, 6) is 0.471. The first-order chi connectivity index (χ1) is 11.7. The smallest absolute Gasteiger partial charge is 0.229 e. The summed E-state index contributed by atoms with van der Waals surface area (Å²) in [6.07, 6.45) is 2.05. The van der Waals surface area contributed by atoms with Crippen LogP contribution >= 0.6 is 0 Å². The highest BCUT2D eigenvalue weighted by molar-refractivity contribution is 5.91. The molecule has 1 amide bonds. The minimum absolute atomic E-state index is 0.0760. The molecule has 0 aliphatic carbocycles. The zero-order valence-corrected chi connectivity index (χ0v) is 13.5. The summed E-state index contributed by atoms with van der Waals surface area (Å²) in [4.78, 5) is 16.3. The van der Waals surface area contributed by atoms with E-state index in [1.165, 1.54) is 5.56 Å². The van der Waals surface area contributed by atoms with Gasteiger partial charge in [0, 0.05) is 5.69 Å². The molecule has 1 aromatic heterocycles. The lowest BCUT2D eigenvalue weighted by Crippen LogP contribution is -2.15. The Hall–Kier alpha value is -3.14. The average molecular weight is 317 g/mol. The summed E-state index contributed by atoms with van der Waals surface area (Å²) in [5, 5.41) is 6.09. The van der Waals surface area contributed by atoms with Crippen molar-refractivity contribution in [2.75, 3.05) is 10.6 Å². The molecule has 0 unspecified atom stereocenters. The Morgan fingerprint density at radius 1 is 0.917 bits per heavy atom. The number of amides is 1. The number of pyridine rings is 1. The SMILES string of the molecule is Cc1ccc(Nc2ccc(NC(=O)Cc3ccccc3)nc2)cc1. The lowest BCUT2D eigenvalue weighted by atomic mass is 10.1. The van der Waals surface area contributed by atoms with Crippen LogP contribution in [0.4, 0.5) is 17.2 Å². The van der Waals surface area contributed by atoms with Crippen molar-refractivity contribution in [3.05, 3.63) is 84.1 Å². The first kappa shape index (κ1) is 15.7. The zero-order chi connectivity index (χ0) is 16.8. The van der Waals surface area contributed by atoms with Gasteiger partial charge < -0.3 is 10.6 Å². The molecule has 4 heteroatoms. The van der Waals surface area contributed by atoms with Gasteiger partial charge >= 0.3 is 0 Å². The van der Waals surface area contributed by atoms with Gasteiger partial charge in [0.2, 0.25) is 5.91 Å². The molecule has 0 radical (unpaired) electrons. The topological polar surface area (TPSA) is 54.0 Å². The van der Waals surface area contributed by atoms with E-state index < -0.39 is 0 Å². The summed E-state index contributed by atoms with van der Waals surface area (Å²) in [5.41, 5.74) is 4.07. The summed E-state index contributed by atoms with van der Waals surface area (Å²) in [7, 11) is 0. The van der Waals surface area contributed by atoms with Gasteiger partial charge in [-0.3, -0.25) is 4.79 Å². The third-order valence-electron chi connectivity index (χ3n) is 3.58. The summed E-state index contributed by atoms with van der Waals surface area (Å²) < 4.78 is 0. The molecular weight excluding hydrogens is 298 g/mol. The third kappa shape index (κ3) is 4.43. The molecule has 0 fully saturated rings. The molecule has 0 aliphatic heterocycles. The highest BCUT2D eigenvalue weighted by Gasteiger charge is 2.05. The zero-order valence-electron chi connectivity index (χ0n) is 13.5. The molecular formula is C20H19N3O. The number of carbonyl (C=O) groups is 1. The minimum atomic E-state index is -0.0760. The number of rotatable bonds is 5. The number of anilines is 3. The Balaban J connectivity index is 1.58. The van der Waals surface area contributed by atoms with Gasteiger partial charge in [0.1, 0.15) is 5.82 Å². The van der Waals surface area contributed by atoms with Crippen molar-refractivity contribution in [2.24, 2.45) is 0 Å². The standard InChI is InChI=1S/C20H19N3O/c1-15-7-9-17(10-8-15)22-18-11-12-19(21-14-18)23-20(24)13-16-5-3-2-4-6-16/h2-12,14,22H,13H2,1H3,(H,21,23,24). The van der Waals surface area contributed by atoms with Gasteiger partial charge in [0.25, 0.3) is 0 Å². The van der Waals surface area contributed by atoms with Crippen LogP contribution in [-0.4, -0.2) is 10.9 Å². The Bertz CT molecular complexity index is 797. The van der Waals surface area contributed by atoms with Gasteiger partial charge in [-0.05, 0) is 36.8 Å². The highest BCUT2D eigenvalue weighted by atomic mass is 16.1. The van der Waals surface area contributed by atoms with Crippen LogP contribution in [0.3, 0.4) is 0 Å². The number of hydrogen-bond donors (Lipinski definition) is 2. The van der Waals surface area contributed by atoms with Crippen molar-refractivity contribution < 1.29 is 4.79 Å². The second-order valence-electron chi connectivity index (χ2n) is 5.63. The normalized spacial score (nSPS) is 10.2. The predicted molar refractivity (Wildman–Crippen MR) is 97.5 cm³/mol. The van der Waals surface area contributed by atoms with Gasteiger partial charge in [0.05, 0.1) is 18.3 Å². The minimum Gasteiger partial charge on any atom is -0.354 e. The number of benzene rings is 2. The number of hydrogen-bond acceptors (Lipinski definition) is 3. The van der Waals surface area contributed by atoms with Crippen LogP contribution in [-0.2, 0) is 11.2 Å². The molecule has 0 spiro atoms. The molecule has 2 aromatic carbocycles. The van der Waals surface area contributed by atoms with Crippen molar-refractivity contribution in [1.29, 1.82) is 0 Å². The van der Waals surface area contributed by atoms with Crippen molar-refractivity contribution in [3.8, 4) is 0 Å². The van der Waals surface area contributed by atoms with E-state index in [9.17, 15) is 4.79 Å². The first-order valence-corrected chi connectivity index (χ1v) is 7.82. The molecule has 0 saturated carbocycles. The maximum Gasteiger partial charge on any atom is 0.229 e. The van der Waals surface area contributed by atoms with Crippen LogP contribution in [0.5, 0.6) is 0 Å². The van der Waals surface area contributed by atoms with E-state index in [1.807, 2.05) is 60.7 Å². The van der Waals surface area contributed by atoms with Crippen LogP contribution in [0.2, 0.25) is 0 Å². The van der Waals surface area contributed by atoms with Gasteiger partial charge in [-0.15, -0.1) is 0 Å². The molecule has 4 nitrogen and oxygen atoms in total. The van der Waals surface area contributed by atoms with E-state index in [-0.39, 0.29) is 5.91 Å². The van der Waals surface area contributed by atoms with E-state index in [4.69, 9.17) is 0 Å². The van der Waals surface area contributed by atoms with E-state index in [0.29, 0.717) is 12.2 Å². The van der Waals surface area contributed by atoms with Crippen LogP contribution in [0.25, 0.3) is 0 Å². The number of aryl methyl sites for hydroxylation is 1. The second-order valence-corrected chi connectivity index (χ2v) is 5.63. The van der Waals surface area contributed by atoms with Gasteiger partial charge in [0.15, 0.2) is 0 Å². The predicted octanol–water partition coefficient (Wildman–Crippen LogP) is 4.31. The van der Waals surface area contributed by atoms with Crippen molar-refractivity contribution in [1.82, 2.24) is 4.98 Å². The summed E-state index contributed by atoms with van der Waals surface area (Å²) >= 11 is 0. The monoisotopic (exact) mass is 317 g/mol. The van der Waals surface area contributed by atoms with Gasteiger partial charge in [-0.2, -0.15) is 0 Å². The molecule has 0 saturated heterocycles. The Morgan fingerprint density at radius 2 is 1.62 bits per heavy atom. The van der Waals surface area contributed by atoms with Crippen molar-refractivity contribution >= 4 is 23.1 Å². The third-order valence-corrected chi connectivity index (χ3v) is 3.58. The Morgan fingerprint density at radius 3 is 2.29 bits per heavy atom. The molecule has 3 rings (SSSR count). The van der Waals surface area contributed by atoms with E-state index in [1.54, 1.807) is 12.3 Å². The Kier molecular flexibility index (Phi) is 4.87. The summed E-state index contributed by atoms with van der Waals surface area (Å²) in [6.45, 7) is 2.05. The fourth-order valence-electron chi connectivity index (χ4n) is 2.31. The fraction of sp³-hybridized carbons (Fsp3) is 0.100. The number of nitrogens with one attached hydrogen (secondary N) is 2. The molecule has 0 aliphatic rings.